The van der Waals surface area contributed by atoms with Gasteiger partial charge in [0.2, 0.25) is 0 Å². The van der Waals surface area contributed by atoms with Crippen molar-refractivity contribution in [2.24, 2.45) is 10.9 Å². The Hall–Kier alpha value is -1.81. The van der Waals surface area contributed by atoms with Crippen molar-refractivity contribution in [3.63, 3.8) is 0 Å². The Morgan fingerprint density at radius 3 is 2.75 bits per heavy atom. The normalized spacial score (nSPS) is 17.0. The first-order valence-corrected chi connectivity index (χ1v) is 11.3. The number of aryl methyl sites for hydroxylation is 3. The lowest BCUT2D eigenvalue weighted by Crippen LogP contribution is -2.40. The van der Waals surface area contributed by atoms with Crippen LogP contribution in [-0.4, -0.2) is 48.1 Å². The van der Waals surface area contributed by atoms with Crippen LogP contribution in [0.1, 0.15) is 42.8 Å². The second-order valence-corrected chi connectivity index (χ2v) is 8.51. The number of nitrogens with one attached hydrogen (secondary N) is 2. The van der Waals surface area contributed by atoms with Crippen LogP contribution in [0.3, 0.4) is 0 Å². The molecule has 0 radical (unpaired) electrons. The number of halogens is 1. The molecule has 178 valence electrons. The van der Waals surface area contributed by atoms with Crippen molar-refractivity contribution < 1.29 is 9.47 Å². The molecule has 7 nitrogen and oxygen atoms in total. The van der Waals surface area contributed by atoms with Gasteiger partial charge < -0.3 is 20.1 Å². The first-order valence-electron chi connectivity index (χ1n) is 11.3. The lowest BCUT2D eigenvalue weighted by Gasteiger charge is -2.18. The molecule has 0 bridgehead atoms. The van der Waals surface area contributed by atoms with Gasteiger partial charge >= 0.3 is 0 Å². The topological polar surface area (TPSA) is 72.7 Å². The lowest BCUT2D eigenvalue weighted by atomic mass is 10.1. The molecule has 1 fully saturated rings. The minimum Gasteiger partial charge on any atom is -0.488 e. The Morgan fingerprint density at radius 2 is 2.09 bits per heavy atom. The molecule has 3 rings (SSSR count). The van der Waals surface area contributed by atoms with E-state index in [0.717, 1.165) is 55.6 Å². The van der Waals surface area contributed by atoms with Crippen molar-refractivity contribution in [2.75, 3.05) is 26.3 Å². The first kappa shape index (κ1) is 26.4. The monoisotopic (exact) mass is 555 g/mol. The van der Waals surface area contributed by atoms with Gasteiger partial charge in [0.25, 0.3) is 0 Å². The third-order valence-electron chi connectivity index (χ3n) is 5.36. The van der Waals surface area contributed by atoms with Gasteiger partial charge in [0.05, 0.1) is 25.5 Å². The molecule has 2 N–H and O–H groups in total. The minimum atomic E-state index is 0. The molecule has 0 saturated carbocycles. The third-order valence-corrected chi connectivity index (χ3v) is 5.36. The van der Waals surface area contributed by atoms with Crippen LogP contribution < -0.4 is 15.4 Å². The maximum absolute atomic E-state index is 6.21. The predicted octanol–water partition coefficient (Wildman–Crippen LogP) is 3.99. The predicted molar refractivity (Wildman–Crippen MR) is 140 cm³/mol. The van der Waals surface area contributed by atoms with Crippen LogP contribution in [0, 0.1) is 26.7 Å². The van der Waals surface area contributed by atoms with E-state index in [1.807, 2.05) is 6.92 Å². The van der Waals surface area contributed by atoms with Gasteiger partial charge in [0.1, 0.15) is 11.9 Å². The summed E-state index contributed by atoms with van der Waals surface area (Å²) < 4.78 is 13.7. The summed E-state index contributed by atoms with van der Waals surface area (Å²) in [4.78, 5) is 4.81. The minimum absolute atomic E-state index is 0. The van der Waals surface area contributed by atoms with Crippen molar-refractivity contribution in [2.45, 2.75) is 60.2 Å². The summed E-state index contributed by atoms with van der Waals surface area (Å²) in [5, 5.41) is 11.4. The summed E-state index contributed by atoms with van der Waals surface area (Å²) in [6.07, 6.45) is 1.07. The average molecular weight is 556 g/mol. The van der Waals surface area contributed by atoms with E-state index < -0.39 is 0 Å². The van der Waals surface area contributed by atoms with Gasteiger partial charge in [-0.25, -0.2) is 4.99 Å². The maximum atomic E-state index is 6.21. The third kappa shape index (κ3) is 7.95. The highest BCUT2D eigenvalue weighted by Crippen LogP contribution is 2.24. The van der Waals surface area contributed by atoms with Gasteiger partial charge in [0.15, 0.2) is 5.96 Å². The van der Waals surface area contributed by atoms with Crippen molar-refractivity contribution >= 4 is 29.9 Å². The number of rotatable bonds is 9. The van der Waals surface area contributed by atoms with Gasteiger partial charge in [-0.1, -0.05) is 19.1 Å². The van der Waals surface area contributed by atoms with E-state index in [9.17, 15) is 0 Å². The fourth-order valence-electron chi connectivity index (χ4n) is 3.68. The Labute approximate surface area is 209 Å². The second kappa shape index (κ2) is 13.0. The van der Waals surface area contributed by atoms with E-state index in [0.29, 0.717) is 19.1 Å². The summed E-state index contributed by atoms with van der Waals surface area (Å²) in [6.45, 7) is 15.0. The van der Waals surface area contributed by atoms with E-state index in [1.165, 1.54) is 11.3 Å². The van der Waals surface area contributed by atoms with Gasteiger partial charge in [-0.15, -0.1) is 24.0 Å². The van der Waals surface area contributed by atoms with Crippen LogP contribution in [0.25, 0.3) is 0 Å². The van der Waals surface area contributed by atoms with E-state index in [4.69, 9.17) is 14.5 Å². The fraction of sp³-hybridized carbons (Fsp3) is 0.583. The largest absolute Gasteiger partial charge is 0.488 e. The molecule has 2 unspecified atom stereocenters. The molecule has 0 aliphatic carbocycles. The number of aliphatic imine (C=N–C) groups is 1. The maximum Gasteiger partial charge on any atom is 0.191 e. The highest BCUT2D eigenvalue weighted by atomic mass is 127. The first-order chi connectivity index (χ1) is 14.9. The smallest absolute Gasteiger partial charge is 0.191 e. The van der Waals surface area contributed by atoms with Crippen LogP contribution >= 0.6 is 24.0 Å². The number of hydrogen-bond donors (Lipinski definition) is 2. The number of hydrogen-bond acceptors (Lipinski definition) is 4. The summed E-state index contributed by atoms with van der Waals surface area (Å²) in [6, 6.07) is 8.43. The summed E-state index contributed by atoms with van der Waals surface area (Å²) in [7, 11) is 0. The van der Waals surface area contributed by atoms with Crippen molar-refractivity contribution in [3.05, 3.63) is 46.8 Å². The fourth-order valence-corrected chi connectivity index (χ4v) is 3.68. The summed E-state index contributed by atoms with van der Waals surface area (Å²) in [5.41, 5.74) is 4.53. The van der Waals surface area contributed by atoms with Crippen molar-refractivity contribution in [3.8, 4) is 5.75 Å². The molecular weight excluding hydrogens is 517 g/mol. The van der Waals surface area contributed by atoms with E-state index in [2.05, 4.69) is 72.4 Å². The molecule has 2 heterocycles. The Kier molecular flexibility index (Phi) is 10.8. The zero-order valence-electron chi connectivity index (χ0n) is 20.0. The van der Waals surface area contributed by atoms with E-state index in [1.54, 1.807) is 0 Å². The molecule has 1 saturated heterocycles. The molecule has 32 heavy (non-hydrogen) atoms. The van der Waals surface area contributed by atoms with Gasteiger partial charge in [-0.05, 0) is 51.3 Å². The molecule has 8 heteroatoms. The van der Waals surface area contributed by atoms with E-state index >= 15 is 0 Å². The standard InChI is InChI=1S/C24H37N5O2.HI/c1-6-25-24(26-13-18(3)15-29-20(5)12-19(4)28-29)27-14-21-8-7-17(2)11-23(21)31-22-9-10-30-16-22;/h7-8,11-12,18,22H,6,9-10,13-16H2,1-5H3,(H2,25,26,27);1H. The number of aromatic nitrogens is 2. The highest BCUT2D eigenvalue weighted by Gasteiger charge is 2.18. The van der Waals surface area contributed by atoms with Crippen LogP contribution in [0.2, 0.25) is 0 Å². The molecule has 0 amide bonds. The molecule has 0 spiro atoms. The lowest BCUT2D eigenvalue weighted by molar-refractivity contribution is 0.140. The number of nitrogens with zero attached hydrogens (tertiary/aromatic N) is 3. The quantitative estimate of drug-likeness (QED) is 0.278. The Balaban J connectivity index is 0.00000363. The molecule has 1 aromatic heterocycles. The highest BCUT2D eigenvalue weighted by molar-refractivity contribution is 14.0. The molecule has 1 aliphatic heterocycles. The van der Waals surface area contributed by atoms with Gasteiger partial charge in [0, 0.05) is 37.3 Å². The van der Waals surface area contributed by atoms with Gasteiger partial charge in [-0.2, -0.15) is 5.10 Å². The van der Waals surface area contributed by atoms with Crippen LogP contribution in [-0.2, 0) is 17.8 Å². The summed E-state index contributed by atoms with van der Waals surface area (Å²) in [5.74, 6) is 2.15. The van der Waals surface area contributed by atoms with Gasteiger partial charge in [-0.3, -0.25) is 4.68 Å². The number of guanidine groups is 1. The number of benzene rings is 1. The molecule has 1 aliphatic rings. The van der Waals surface area contributed by atoms with Crippen LogP contribution in [0.5, 0.6) is 5.75 Å². The van der Waals surface area contributed by atoms with Crippen molar-refractivity contribution in [1.82, 2.24) is 20.4 Å². The zero-order valence-corrected chi connectivity index (χ0v) is 22.3. The van der Waals surface area contributed by atoms with Crippen LogP contribution in [0.4, 0.5) is 0 Å². The summed E-state index contributed by atoms with van der Waals surface area (Å²) >= 11 is 0. The van der Waals surface area contributed by atoms with E-state index in [-0.39, 0.29) is 30.1 Å². The number of ether oxygens (including phenoxy) is 2. The Morgan fingerprint density at radius 1 is 1.28 bits per heavy atom. The van der Waals surface area contributed by atoms with Crippen LogP contribution in [0.15, 0.2) is 29.3 Å². The SMILES string of the molecule is CCNC(=NCc1ccc(C)cc1OC1CCOC1)NCC(C)Cn1nc(C)cc1C.I. The average Bonchev–Trinajstić information content (AvgIpc) is 3.34. The zero-order chi connectivity index (χ0) is 22.2. The Bertz CT molecular complexity index is 877. The molecule has 2 aromatic rings. The molecule has 1 aromatic carbocycles. The second-order valence-electron chi connectivity index (χ2n) is 8.51. The molecular formula is C24H38IN5O2. The van der Waals surface area contributed by atoms with Crippen molar-refractivity contribution in [1.29, 1.82) is 0 Å². The molecule has 2 atom stereocenters.